The zero-order valence-electron chi connectivity index (χ0n) is 17.8. The molecule has 1 aliphatic rings. The second kappa shape index (κ2) is 10.4. The van der Waals surface area contributed by atoms with Crippen LogP contribution in [0.5, 0.6) is 0 Å². The average molecular weight is 456 g/mol. The van der Waals surface area contributed by atoms with Crippen molar-refractivity contribution in [3.8, 4) is 10.7 Å². The van der Waals surface area contributed by atoms with Crippen molar-refractivity contribution in [2.75, 3.05) is 50.1 Å². The van der Waals surface area contributed by atoms with Gasteiger partial charge in [0.15, 0.2) is 0 Å². The van der Waals surface area contributed by atoms with Crippen molar-refractivity contribution in [2.24, 2.45) is 0 Å². The van der Waals surface area contributed by atoms with Gasteiger partial charge in [-0.1, -0.05) is 11.2 Å². The highest BCUT2D eigenvalue weighted by Gasteiger charge is 2.16. The first-order valence-electron chi connectivity index (χ1n) is 10.4. The van der Waals surface area contributed by atoms with Crippen LogP contribution in [0.3, 0.4) is 0 Å². The van der Waals surface area contributed by atoms with Crippen LogP contribution in [0.2, 0.25) is 0 Å². The third-order valence-corrected chi connectivity index (χ3v) is 5.96. The maximum Gasteiger partial charge on any atom is 0.243 e. The minimum absolute atomic E-state index is 0.0334. The molecular weight excluding hydrogens is 430 g/mol. The Hall–Kier alpha value is -3.24. The van der Waals surface area contributed by atoms with Gasteiger partial charge in [0.25, 0.3) is 0 Å². The smallest absolute Gasteiger partial charge is 0.243 e. The molecule has 3 heterocycles. The van der Waals surface area contributed by atoms with E-state index in [1.165, 1.54) is 16.2 Å². The van der Waals surface area contributed by atoms with Gasteiger partial charge in [-0.3, -0.25) is 9.59 Å². The number of aromatic nitrogens is 2. The highest BCUT2D eigenvalue weighted by atomic mass is 32.1. The Balaban J connectivity index is 1.22. The van der Waals surface area contributed by atoms with Gasteiger partial charge < -0.3 is 24.4 Å². The SMILES string of the molecule is CN(CC(=O)Nc1ccc(N2CCOCC2)cc1)C(=O)CCc1nc(-c2cccs2)no1. The zero-order valence-corrected chi connectivity index (χ0v) is 18.6. The van der Waals surface area contributed by atoms with E-state index in [9.17, 15) is 9.59 Å². The molecule has 0 unspecified atom stereocenters. The summed E-state index contributed by atoms with van der Waals surface area (Å²) in [7, 11) is 1.61. The summed E-state index contributed by atoms with van der Waals surface area (Å²) in [6.45, 7) is 3.13. The van der Waals surface area contributed by atoms with Gasteiger partial charge >= 0.3 is 0 Å². The van der Waals surface area contributed by atoms with Crippen LogP contribution >= 0.6 is 11.3 Å². The number of ether oxygens (including phenoxy) is 1. The Morgan fingerprint density at radius 2 is 1.97 bits per heavy atom. The molecule has 0 saturated carbocycles. The number of morpholine rings is 1. The number of carbonyl (C=O) groups is 2. The third kappa shape index (κ3) is 5.71. The Labute approximate surface area is 190 Å². The summed E-state index contributed by atoms with van der Waals surface area (Å²) < 4.78 is 10.6. The van der Waals surface area contributed by atoms with Crippen molar-refractivity contribution in [1.29, 1.82) is 0 Å². The van der Waals surface area contributed by atoms with E-state index in [0.29, 0.717) is 23.8 Å². The third-order valence-electron chi connectivity index (χ3n) is 5.10. The van der Waals surface area contributed by atoms with Gasteiger partial charge in [-0.05, 0) is 35.7 Å². The summed E-state index contributed by atoms with van der Waals surface area (Å²) in [4.78, 5) is 33.6. The summed E-state index contributed by atoms with van der Waals surface area (Å²) in [6.07, 6.45) is 0.510. The number of carbonyl (C=O) groups excluding carboxylic acids is 2. The number of thiophene rings is 1. The lowest BCUT2D eigenvalue weighted by molar-refractivity contribution is -0.133. The maximum absolute atomic E-state index is 12.4. The minimum atomic E-state index is -0.252. The molecule has 1 fully saturated rings. The van der Waals surface area contributed by atoms with Crippen molar-refractivity contribution in [3.05, 3.63) is 47.7 Å². The molecule has 9 nitrogen and oxygen atoms in total. The van der Waals surface area contributed by atoms with Crippen LogP contribution in [0, 0.1) is 0 Å². The van der Waals surface area contributed by atoms with E-state index < -0.39 is 0 Å². The predicted octanol–water partition coefficient (Wildman–Crippen LogP) is 2.66. The van der Waals surface area contributed by atoms with Crippen LogP contribution < -0.4 is 10.2 Å². The van der Waals surface area contributed by atoms with Crippen LogP contribution in [0.25, 0.3) is 10.7 Å². The van der Waals surface area contributed by atoms with E-state index in [1.54, 1.807) is 7.05 Å². The summed E-state index contributed by atoms with van der Waals surface area (Å²) >= 11 is 1.52. The number of aryl methyl sites for hydroxylation is 1. The van der Waals surface area contributed by atoms with Crippen LogP contribution in [0.4, 0.5) is 11.4 Å². The van der Waals surface area contributed by atoms with E-state index in [-0.39, 0.29) is 24.8 Å². The van der Waals surface area contributed by atoms with Gasteiger partial charge in [0.1, 0.15) is 0 Å². The van der Waals surface area contributed by atoms with Gasteiger partial charge in [0.05, 0.1) is 24.6 Å². The summed E-state index contributed by atoms with van der Waals surface area (Å²) in [5.41, 5.74) is 1.79. The number of hydrogen-bond acceptors (Lipinski definition) is 8. The summed E-state index contributed by atoms with van der Waals surface area (Å²) in [5, 5.41) is 8.71. The number of anilines is 2. The summed E-state index contributed by atoms with van der Waals surface area (Å²) in [6, 6.07) is 11.5. The van der Waals surface area contributed by atoms with E-state index in [2.05, 4.69) is 20.4 Å². The Bertz CT molecular complexity index is 1030. The highest BCUT2D eigenvalue weighted by molar-refractivity contribution is 7.13. The van der Waals surface area contributed by atoms with E-state index >= 15 is 0 Å². The fourth-order valence-corrected chi connectivity index (χ4v) is 4.00. The molecule has 3 aromatic rings. The first kappa shape index (κ1) is 22.0. The first-order chi connectivity index (χ1) is 15.6. The van der Waals surface area contributed by atoms with Crippen molar-refractivity contribution >= 4 is 34.5 Å². The predicted molar refractivity (Wildman–Crippen MR) is 122 cm³/mol. The molecule has 0 radical (unpaired) electrons. The molecule has 1 N–H and O–H groups in total. The number of rotatable bonds is 8. The van der Waals surface area contributed by atoms with Crippen LogP contribution in [-0.2, 0) is 20.7 Å². The lowest BCUT2D eigenvalue weighted by atomic mass is 10.2. The van der Waals surface area contributed by atoms with Crippen molar-refractivity contribution in [2.45, 2.75) is 12.8 Å². The number of nitrogens with one attached hydrogen (secondary N) is 1. The molecule has 1 aliphatic heterocycles. The molecule has 2 aromatic heterocycles. The quantitative estimate of drug-likeness (QED) is 0.557. The molecule has 2 amide bonds. The van der Waals surface area contributed by atoms with E-state index in [1.807, 2.05) is 41.8 Å². The Morgan fingerprint density at radius 1 is 1.19 bits per heavy atom. The lowest BCUT2D eigenvalue weighted by Gasteiger charge is -2.28. The molecular formula is C22H25N5O4S. The number of benzene rings is 1. The number of hydrogen-bond donors (Lipinski definition) is 1. The van der Waals surface area contributed by atoms with E-state index in [0.717, 1.165) is 36.9 Å². The average Bonchev–Trinajstić information content (AvgIpc) is 3.50. The number of nitrogens with zero attached hydrogens (tertiary/aromatic N) is 4. The molecule has 32 heavy (non-hydrogen) atoms. The van der Waals surface area contributed by atoms with Crippen LogP contribution in [-0.4, -0.2) is 66.8 Å². The van der Waals surface area contributed by atoms with Crippen molar-refractivity contribution in [3.63, 3.8) is 0 Å². The van der Waals surface area contributed by atoms with Gasteiger partial charge in [-0.2, -0.15) is 4.98 Å². The minimum Gasteiger partial charge on any atom is -0.378 e. The second-order valence-corrected chi connectivity index (χ2v) is 8.38. The first-order valence-corrected chi connectivity index (χ1v) is 11.3. The van der Waals surface area contributed by atoms with Crippen LogP contribution in [0.1, 0.15) is 12.3 Å². The van der Waals surface area contributed by atoms with Crippen molar-refractivity contribution < 1.29 is 18.8 Å². The molecule has 168 valence electrons. The Morgan fingerprint density at radius 3 is 2.69 bits per heavy atom. The fraction of sp³-hybridized carbons (Fsp3) is 0.364. The van der Waals surface area contributed by atoms with Crippen LogP contribution in [0.15, 0.2) is 46.3 Å². The lowest BCUT2D eigenvalue weighted by Crippen LogP contribution is -2.36. The summed E-state index contributed by atoms with van der Waals surface area (Å²) in [5.74, 6) is 0.506. The van der Waals surface area contributed by atoms with Gasteiger partial charge in [0, 0.05) is 44.4 Å². The molecule has 4 rings (SSSR count). The Kier molecular flexibility index (Phi) is 7.13. The molecule has 0 atom stereocenters. The van der Waals surface area contributed by atoms with Crippen molar-refractivity contribution in [1.82, 2.24) is 15.0 Å². The fourth-order valence-electron chi connectivity index (χ4n) is 3.35. The van der Waals surface area contributed by atoms with Gasteiger partial charge in [-0.25, -0.2) is 0 Å². The van der Waals surface area contributed by atoms with Gasteiger partial charge in [0.2, 0.25) is 23.5 Å². The standard InChI is InChI=1S/C22H25N5O4S/c1-26(21(29)9-8-20-24-22(25-31-20)18-3-2-14-32-18)15-19(28)23-16-4-6-17(7-5-16)27-10-12-30-13-11-27/h2-7,14H,8-13,15H2,1H3,(H,23,28). The molecule has 1 aromatic carbocycles. The van der Waals surface area contributed by atoms with E-state index in [4.69, 9.17) is 9.26 Å². The monoisotopic (exact) mass is 455 g/mol. The zero-order chi connectivity index (χ0) is 22.3. The molecule has 0 spiro atoms. The molecule has 10 heteroatoms. The maximum atomic E-state index is 12.4. The molecule has 1 saturated heterocycles. The number of amides is 2. The number of likely N-dealkylation sites (N-methyl/N-ethyl adjacent to an activating group) is 1. The molecule has 0 bridgehead atoms. The largest absolute Gasteiger partial charge is 0.378 e. The topological polar surface area (TPSA) is 101 Å². The normalized spacial score (nSPS) is 13.7. The molecule has 0 aliphatic carbocycles. The second-order valence-electron chi connectivity index (χ2n) is 7.43. The van der Waals surface area contributed by atoms with Gasteiger partial charge in [-0.15, -0.1) is 11.3 Å². The highest BCUT2D eigenvalue weighted by Crippen LogP contribution is 2.22.